The van der Waals surface area contributed by atoms with Gasteiger partial charge in [0.2, 0.25) is 26.7 Å². The van der Waals surface area contributed by atoms with Crippen LogP contribution in [0.3, 0.4) is 0 Å². The van der Waals surface area contributed by atoms with Crippen molar-refractivity contribution in [2.45, 2.75) is 31.1 Å². The molecule has 1 aromatic carbocycles. The van der Waals surface area contributed by atoms with E-state index in [2.05, 4.69) is 19.4 Å². The van der Waals surface area contributed by atoms with Crippen molar-refractivity contribution in [1.82, 2.24) is 9.97 Å². The van der Waals surface area contributed by atoms with Crippen molar-refractivity contribution < 1.29 is 44.2 Å². The summed E-state index contributed by atoms with van der Waals surface area (Å²) in [7, 11) is -4.93. The highest BCUT2D eigenvalue weighted by atomic mass is 32.2. The number of primary sulfonamides is 1. The standard InChI is InChI=1S/C16H15F6N3O4S/c1-8-4-3-5-10(9(8)2)12-24-13(28-6-15(17,18)19)11(30(23,26)27)14(25-12)29-7-16(20,21)22/h3-5H,6-7H2,1-2H3,(H2,23,26,27). The lowest BCUT2D eigenvalue weighted by Gasteiger charge is -2.17. The third-order valence-corrected chi connectivity index (χ3v) is 4.60. The molecule has 1 heterocycles. The van der Waals surface area contributed by atoms with Crippen molar-refractivity contribution in [1.29, 1.82) is 0 Å². The highest BCUT2D eigenvalue weighted by molar-refractivity contribution is 7.89. The summed E-state index contributed by atoms with van der Waals surface area (Å²) in [5, 5.41) is 4.95. The van der Waals surface area contributed by atoms with Gasteiger partial charge in [-0.1, -0.05) is 18.2 Å². The zero-order valence-electron chi connectivity index (χ0n) is 15.4. The Hall–Kier alpha value is -2.61. The molecule has 0 saturated carbocycles. The molecule has 0 fully saturated rings. The fourth-order valence-electron chi connectivity index (χ4n) is 2.26. The van der Waals surface area contributed by atoms with Crippen LogP contribution in [0, 0.1) is 13.8 Å². The van der Waals surface area contributed by atoms with Gasteiger partial charge in [-0.2, -0.15) is 36.3 Å². The molecule has 0 aliphatic heterocycles. The highest BCUT2D eigenvalue weighted by Gasteiger charge is 2.35. The minimum Gasteiger partial charge on any atom is -0.467 e. The maximum absolute atomic E-state index is 12.6. The average molecular weight is 459 g/mol. The van der Waals surface area contributed by atoms with Gasteiger partial charge >= 0.3 is 12.4 Å². The SMILES string of the molecule is Cc1cccc(-c2nc(OCC(F)(F)F)c(S(N)(=O)=O)c(OCC(F)(F)F)n2)c1C. The lowest BCUT2D eigenvalue weighted by atomic mass is 10.0. The number of benzene rings is 1. The zero-order chi connectivity index (χ0) is 22.9. The molecule has 166 valence electrons. The second-order valence-electron chi connectivity index (χ2n) is 6.09. The summed E-state index contributed by atoms with van der Waals surface area (Å²) < 4.78 is 108. The van der Waals surface area contributed by atoms with Gasteiger partial charge in [-0.05, 0) is 25.0 Å². The Morgan fingerprint density at radius 1 is 0.933 bits per heavy atom. The number of aromatic nitrogens is 2. The molecular formula is C16H15F6N3O4S. The molecule has 0 amide bonds. The maximum Gasteiger partial charge on any atom is 0.422 e. The van der Waals surface area contributed by atoms with E-state index < -0.39 is 58.1 Å². The number of nitrogens with two attached hydrogens (primary N) is 1. The summed E-state index contributed by atoms with van der Waals surface area (Å²) in [6.45, 7) is -0.650. The molecule has 0 saturated heterocycles. The van der Waals surface area contributed by atoms with Gasteiger partial charge in [0, 0.05) is 5.56 Å². The lowest BCUT2D eigenvalue weighted by Crippen LogP contribution is -2.25. The summed E-state index contributed by atoms with van der Waals surface area (Å²) >= 11 is 0. The Bertz CT molecular complexity index is 999. The van der Waals surface area contributed by atoms with Crippen molar-refractivity contribution in [2.75, 3.05) is 13.2 Å². The van der Waals surface area contributed by atoms with Crippen molar-refractivity contribution in [3.8, 4) is 23.1 Å². The van der Waals surface area contributed by atoms with Crippen LogP contribution in [0.5, 0.6) is 11.8 Å². The number of aryl methyl sites for hydroxylation is 1. The van der Waals surface area contributed by atoms with Gasteiger partial charge in [-0.15, -0.1) is 0 Å². The second kappa shape index (κ2) is 8.26. The summed E-state index contributed by atoms with van der Waals surface area (Å²) in [5.74, 6) is -2.77. The monoisotopic (exact) mass is 459 g/mol. The molecular weight excluding hydrogens is 444 g/mol. The van der Waals surface area contributed by atoms with Gasteiger partial charge in [0.1, 0.15) is 0 Å². The van der Waals surface area contributed by atoms with Gasteiger partial charge in [-0.3, -0.25) is 0 Å². The molecule has 0 aliphatic carbocycles. The Kier molecular flexibility index (Phi) is 6.51. The van der Waals surface area contributed by atoms with Crippen LogP contribution in [0.25, 0.3) is 11.4 Å². The Labute approximate surface area is 166 Å². The van der Waals surface area contributed by atoms with Crippen LogP contribution in [0.1, 0.15) is 11.1 Å². The zero-order valence-corrected chi connectivity index (χ0v) is 16.2. The molecule has 0 aliphatic rings. The van der Waals surface area contributed by atoms with E-state index in [1.165, 1.54) is 6.07 Å². The number of halogens is 6. The highest BCUT2D eigenvalue weighted by Crippen LogP contribution is 2.35. The van der Waals surface area contributed by atoms with Gasteiger partial charge in [0.25, 0.3) is 0 Å². The Morgan fingerprint density at radius 3 is 1.80 bits per heavy atom. The summed E-state index contributed by atoms with van der Waals surface area (Å²) in [6.07, 6.45) is -9.79. The molecule has 2 N–H and O–H groups in total. The molecule has 7 nitrogen and oxygen atoms in total. The predicted octanol–water partition coefficient (Wildman–Crippen LogP) is 3.29. The van der Waals surface area contributed by atoms with Crippen LogP contribution in [0.2, 0.25) is 0 Å². The number of rotatable bonds is 6. The second-order valence-corrected chi connectivity index (χ2v) is 7.59. The Balaban J connectivity index is 2.74. The molecule has 0 spiro atoms. The maximum atomic E-state index is 12.6. The van der Waals surface area contributed by atoms with E-state index in [9.17, 15) is 34.8 Å². The third-order valence-electron chi connectivity index (χ3n) is 3.68. The van der Waals surface area contributed by atoms with Crippen molar-refractivity contribution >= 4 is 10.0 Å². The van der Waals surface area contributed by atoms with Crippen molar-refractivity contribution in [3.05, 3.63) is 29.3 Å². The van der Waals surface area contributed by atoms with Crippen molar-refractivity contribution in [2.24, 2.45) is 5.14 Å². The molecule has 0 atom stereocenters. The number of ether oxygens (including phenoxy) is 2. The number of nitrogens with zero attached hydrogens (tertiary/aromatic N) is 2. The number of hydrogen-bond acceptors (Lipinski definition) is 6. The smallest absolute Gasteiger partial charge is 0.422 e. The molecule has 14 heteroatoms. The molecule has 1 aromatic heterocycles. The number of hydrogen-bond donors (Lipinski definition) is 1. The normalized spacial score (nSPS) is 12.7. The van der Waals surface area contributed by atoms with Gasteiger partial charge in [0.15, 0.2) is 19.0 Å². The molecule has 0 unspecified atom stereocenters. The summed E-state index contributed by atoms with van der Waals surface area (Å²) in [4.78, 5) is 6.00. The first-order valence-electron chi connectivity index (χ1n) is 7.99. The van der Waals surface area contributed by atoms with E-state index in [-0.39, 0.29) is 5.56 Å². The third kappa shape index (κ3) is 6.19. The van der Waals surface area contributed by atoms with E-state index in [1.807, 2.05) is 0 Å². The van der Waals surface area contributed by atoms with Gasteiger partial charge < -0.3 is 9.47 Å². The van der Waals surface area contributed by atoms with Crippen LogP contribution in [0.4, 0.5) is 26.3 Å². The first-order valence-corrected chi connectivity index (χ1v) is 9.53. The van der Waals surface area contributed by atoms with Crippen LogP contribution in [0.15, 0.2) is 23.1 Å². The Morgan fingerprint density at radius 2 is 1.40 bits per heavy atom. The van der Waals surface area contributed by atoms with E-state index in [0.29, 0.717) is 11.1 Å². The van der Waals surface area contributed by atoms with Crippen LogP contribution >= 0.6 is 0 Å². The quantitative estimate of drug-likeness (QED) is 0.665. The van der Waals surface area contributed by atoms with E-state index in [4.69, 9.17) is 5.14 Å². The van der Waals surface area contributed by atoms with Gasteiger partial charge in [-0.25, -0.2) is 13.6 Å². The number of sulfonamides is 1. The minimum absolute atomic E-state index is 0.213. The lowest BCUT2D eigenvalue weighted by molar-refractivity contribution is -0.155. The summed E-state index contributed by atoms with van der Waals surface area (Å²) in [5.41, 5.74) is 1.47. The van der Waals surface area contributed by atoms with E-state index in [1.54, 1.807) is 26.0 Å². The molecule has 0 bridgehead atoms. The summed E-state index contributed by atoms with van der Waals surface area (Å²) in [6, 6.07) is 4.68. The molecule has 2 rings (SSSR count). The minimum atomic E-state index is -4.93. The number of alkyl halides is 6. The van der Waals surface area contributed by atoms with Crippen LogP contribution in [-0.2, 0) is 10.0 Å². The van der Waals surface area contributed by atoms with Crippen molar-refractivity contribution in [3.63, 3.8) is 0 Å². The molecule has 2 aromatic rings. The van der Waals surface area contributed by atoms with Crippen LogP contribution < -0.4 is 14.6 Å². The van der Waals surface area contributed by atoms with Gasteiger partial charge in [0.05, 0.1) is 0 Å². The first kappa shape index (κ1) is 23.7. The largest absolute Gasteiger partial charge is 0.467 e. The van der Waals surface area contributed by atoms with E-state index >= 15 is 0 Å². The first-order chi connectivity index (χ1) is 13.6. The fourth-order valence-corrected chi connectivity index (χ4v) is 2.96. The van der Waals surface area contributed by atoms with E-state index in [0.717, 1.165) is 0 Å². The molecule has 0 radical (unpaired) electrons. The topological polar surface area (TPSA) is 104 Å². The fraction of sp³-hybridized carbons (Fsp3) is 0.375. The molecule has 30 heavy (non-hydrogen) atoms. The predicted molar refractivity (Wildman–Crippen MR) is 91.4 cm³/mol. The average Bonchev–Trinajstić information content (AvgIpc) is 2.57. The van der Waals surface area contributed by atoms with Crippen LogP contribution in [-0.4, -0.2) is 44.0 Å².